The number of nitrogens with zero attached hydrogens (tertiary/aromatic N) is 1. The summed E-state index contributed by atoms with van der Waals surface area (Å²) < 4.78 is 0. The van der Waals surface area contributed by atoms with Gasteiger partial charge in [-0.2, -0.15) is 0 Å². The van der Waals surface area contributed by atoms with Crippen LogP contribution in [0.4, 0.5) is 4.79 Å². The maximum atomic E-state index is 11.8. The molecule has 1 aliphatic heterocycles. The quantitative estimate of drug-likeness (QED) is 0.615. The van der Waals surface area contributed by atoms with Crippen LogP contribution in [0.5, 0.6) is 0 Å². The minimum Gasteiger partial charge on any atom is -0.351 e. The molecule has 0 radical (unpaired) electrons. The molecular weight excluding hydrogens is 182 g/mol. The number of hydrogen-bond acceptors (Lipinski definition) is 3. The second-order valence-electron chi connectivity index (χ2n) is 3.93. The van der Waals surface area contributed by atoms with Crippen LogP contribution in [0.25, 0.3) is 0 Å². The van der Waals surface area contributed by atoms with E-state index in [1.165, 1.54) is 4.90 Å². The number of primary amides is 1. The topological polar surface area (TPSA) is 75.4 Å². The summed E-state index contributed by atoms with van der Waals surface area (Å²) in [5.74, 6) is 0.359. The lowest BCUT2D eigenvalue weighted by atomic mass is 10.1. The summed E-state index contributed by atoms with van der Waals surface area (Å²) >= 11 is 0. The Labute approximate surface area is 82.6 Å². The number of piperazine rings is 1. The minimum absolute atomic E-state index is 0.177. The van der Waals surface area contributed by atoms with E-state index in [0.717, 1.165) is 19.4 Å². The molecule has 0 aromatic heterocycles. The summed E-state index contributed by atoms with van der Waals surface area (Å²) in [4.78, 5) is 24.3. The van der Waals surface area contributed by atoms with Crippen molar-refractivity contribution >= 4 is 11.8 Å². The first kappa shape index (κ1) is 9.45. The second-order valence-corrected chi connectivity index (χ2v) is 3.93. The van der Waals surface area contributed by atoms with E-state index in [0.29, 0.717) is 13.1 Å². The highest BCUT2D eigenvalue weighted by molar-refractivity contribution is 5.91. The first-order valence-electron chi connectivity index (χ1n) is 5.00. The SMILES string of the molecule is NC(=O)N1CCNCC1C(=O)C1CC1. The Morgan fingerprint density at radius 2 is 2.07 bits per heavy atom. The molecule has 2 aliphatic rings. The molecular formula is C9H15N3O2. The van der Waals surface area contributed by atoms with E-state index >= 15 is 0 Å². The Morgan fingerprint density at radius 3 is 2.64 bits per heavy atom. The molecule has 0 bridgehead atoms. The molecule has 1 saturated carbocycles. The Morgan fingerprint density at radius 1 is 1.36 bits per heavy atom. The predicted octanol–water partition coefficient (Wildman–Crippen LogP) is -0.682. The summed E-state index contributed by atoms with van der Waals surface area (Å²) in [7, 11) is 0. The summed E-state index contributed by atoms with van der Waals surface area (Å²) in [6.07, 6.45) is 1.95. The van der Waals surface area contributed by atoms with Crippen LogP contribution in [-0.4, -0.2) is 42.4 Å². The number of urea groups is 1. The molecule has 14 heavy (non-hydrogen) atoms. The van der Waals surface area contributed by atoms with E-state index in [2.05, 4.69) is 5.32 Å². The molecule has 1 atom stereocenters. The van der Waals surface area contributed by atoms with Crippen molar-refractivity contribution in [2.75, 3.05) is 19.6 Å². The van der Waals surface area contributed by atoms with E-state index in [1.54, 1.807) is 0 Å². The van der Waals surface area contributed by atoms with Crippen molar-refractivity contribution in [3.63, 3.8) is 0 Å². The van der Waals surface area contributed by atoms with Crippen molar-refractivity contribution in [3.8, 4) is 0 Å². The minimum atomic E-state index is -0.481. The highest BCUT2D eigenvalue weighted by atomic mass is 16.2. The lowest BCUT2D eigenvalue weighted by Crippen LogP contribution is -2.58. The third-order valence-corrected chi connectivity index (χ3v) is 2.83. The van der Waals surface area contributed by atoms with E-state index in [-0.39, 0.29) is 17.7 Å². The van der Waals surface area contributed by atoms with Crippen LogP contribution in [0.1, 0.15) is 12.8 Å². The zero-order valence-electron chi connectivity index (χ0n) is 8.03. The number of rotatable bonds is 2. The lowest BCUT2D eigenvalue weighted by molar-refractivity contribution is -0.125. The lowest BCUT2D eigenvalue weighted by Gasteiger charge is -2.33. The molecule has 5 nitrogen and oxygen atoms in total. The highest BCUT2D eigenvalue weighted by Crippen LogP contribution is 2.32. The van der Waals surface area contributed by atoms with Crippen LogP contribution in [0, 0.1) is 5.92 Å². The van der Waals surface area contributed by atoms with Crippen LogP contribution in [0.3, 0.4) is 0 Å². The molecule has 1 saturated heterocycles. The Kier molecular flexibility index (Phi) is 2.41. The highest BCUT2D eigenvalue weighted by Gasteiger charge is 2.39. The normalized spacial score (nSPS) is 27.4. The molecule has 0 aromatic carbocycles. The molecule has 1 heterocycles. The largest absolute Gasteiger partial charge is 0.351 e. The molecule has 0 aromatic rings. The van der Waals surface area contributed by atoms with Gasteiger partial charge in [-0.15, -0.1) is 0 Å². The number of hydrogen-bond donors (Lipinski definition) is 2. The van der Waals surface area contributed by atoms with Crippen LogP contribution in [0.15, 0.2) is 0 Å². The standard InChI is InChI=1S/C9H15N3O2/c10-9(14)12-4-3-11-5-7(12)8(13)6-1-2-6/h6-7,11H,1-5H2,(H2,10,14). The smallest absolute Gasteiger partial charge is 0.315 e. The van der Waals surface area contributed by atoms with Gasteiger partial charge in [0.05, 0.1) is 0 Å². The van der Waals surface area contributed by atoms with Gasteiger partial charge in [0.2, 0.25) is 0 Å². The summed E-state index contributed by atoms with van der Waals surface area (Å²) in [6, 6.07) is -0.806. The average Bonchev–Trinajstić information content (AvgIpc) is 3.00. The van der Waals surface area contributed by atoms with Crippen molar-refractivity contribution in [1.82, 2.24) is 10.2 Å². The van der Waals surface area contributed by atoms with Gasteiger partial charge in [-0.1, -0.05) is 0 Å². The maximum Gasteiger partial charge on any atom is 0.315 e. The van der Waals surface area contributed by atoms with E-state index in [1.807, 2.05) is 0 Å². The zero-order valence-corrected chi connectivity index (χ0v) is 8.03. The Balaban J connectivity index is 2.05. The zero-order chi connectivity index (χ0) is 10.1. The van der Waals surface area contributed by atoms with E-state index in [4.69, 9.17) is 5.73 Å². The fourth-order valence-corrected chi connectivity index (χ4v) is 1.86. The van der Waals surface area contributed by atoms with Gasteiger partial charge in [0, 0.05) is 25.6 Å². The summed E-state index contributed by atoms with van der Waals surface area (Å²) in [5, 5.41) is 3.11. The van der Waals surface area contributed by atoms with Gasteiger partial charge in [0.1, 0.15) is 6.04 Å². The van der Waals surface area contributed by atoms with E-state index < -0.39 is 6.03 Å². The van der Waals surface area contributed by atoms with Gasteiger partial charge in [-0.3, -0.25) is 4.79 Å². The first-order valence-corrected chi connectivity index (χ1v) is 5.00. The maximum absolute atomic E-state index is 11.8. The monoisotopic (exact) mass is 197 g/mol. The predicted molar refractivity (Wildman–Crippen MR) is 50.7 cm³/mol. The van der Waals surface area contributed by atoms with Crippen LogP contribution >= 0.6 is 0 Å². The van der Waals surface area contributed by atoms with Crippen molar-refractivity contribution in [2.45, 2.75) is 18.9 Å². The van der Waals surface area contributed by atoms with Crippen LogP contribution in [0.2, 0.25) is 0 Å². The fourth-order valence-electron chi connectivity index (χ4n) is 1.86. The van der Waals surface area contributed by atoms with E-state index in [9.17, 15) is 9.59 Å². The number of carbonyl (C=O) groups excluding carboxylic acids is 2. The molecule has 2 rings (SSSR count). The van der Waals surface area contributed by atoms with Gasteiger partial charge >= 0.3 is 6.03 Å². The fraction of sp³-hybridized carbons (Fsp3) is 0.778. The van der Waals surface area contributed by atoms with Crippen LogP contribution < -0.4 is 11.1 Å². The molecule has 2 amide bonds. The number of nitrogens with two attached hydrogens (primary N) is 1. The Hall–Kier alpha value is -1.10. The van der Waals surface area contributed by atoms with Gasteiger partial charge < -0.3 is 16.0 Å². The van der Waals surface area contributed by atoms with Crippen molar-refractivity contribution in [3.05, 3.63) is 0 Å². The molecule has 3 N–H and O–H groups in total. The number of Topliss-reactive ketones (excluding diaryl/α,β-unsaturated/α-hetero) is 1. The average molecular weight is 197 g/mol. The van der Waals surface area contributed by atoms with Crippen molar-refractivity contribution < 1.29 is 9.59 Å². The van der Waals surface area contributed by atoms with Gasteiger partial charge in [-0.05, 0) is 12.8 Å². The van der Waals surface area contributed by atoms with Gasteiger partial charge in [0.25, 0.3) is 0 Å². The number of amides is 2. The molecule has 78 valence electrons. The third-order valence-electron chi connectivity index (χ3n) is 2.83. The number of nitrogens with one attached hydrogen (secondary N) is 1. The van der Waals surface area contributed by atoms with Crippen LogP contribution in [-0.2, 0) is 4.79 Å². The Bertz CT molecular complexity index is 263. The van der Waals surface area contributed by atoms with Gasteiger partial charge in [-0.25, -0.2) is 4.79 Å². The number of ketones is 1. The molecule has 0 spiro atoms. The number of carbonyl (C=O) groups is 2. The van der Waals surface area contributed by atoms with Gasteiger partial charge in [0.15, 0.2) is 5.78 Å². The summed E-state index contributed by atoms with van der Waals surface area (Å²) in [6.45, 7) is 1.81. The summed E-state index contributed by atoms with van der Waals surface area (Å²) in [5.41, 5.74) is 5.22. The molecule has 1 aliphatic carbocycles. The van der Waals surface area contributed by atoms with Crippen molar-refractivity contribution in [2.24, 2.45) is 11.7 Å². The third kappa shape index (κ3) is 1.72. The first-order chi connectivity index (χ1) is 6.70. The second kappa shape index (κ2) is 3.57. The molecule has 2 fully saturated rings. The molecule has 1 unspecified atom stereocenters. The molecule has 5 heteroatoms. The van der Waals surface area contributed by atoms with Crippen molar-refractivity contribution in [1.29, 1.82) is 0 Å².